The van der Waals surface area contributed by atoms with E-state index in [0.717, 1.165) is 0 Å². The summed E-state index contributed by atoms with van der Waals surface area (Å²) in [7, 11) is 0. The van der Waals surface area contributed by atoms with Crippen molar-refractivity contribution in [2.45, 2.75) is 12.8 Å². The van der Waals surface area contributed by atoms with Crippen molar-refractivity contribution in [3.8, 4) is 0 Å². The standard InChI is InChI=1S/C11H8O7/c12-4-1-2-5(13)7(4)9(15)10(16)8-6(14)3-18-11(8)17/h7-8H,1-3H2. The number of hydrogen-bond acceptors (Lipinski definition) is 7. The summed E-state index contributed by atoms with van der Waals surface area (Å²) in [5.41, 5.74) is 0. The number of cyclic esters (lactones) is 1. The molecule has 7 nitrogen and oxygen atoms in total. The maximum absolute atomic E-state index is 11.7. The lowest BCUT2D eigenvalue weighted by Crippen LogP contribution is -2.39. The molecule has 1 atom stereocenters. The van der Waals surface area contributed by atoms with Crippen molar-refractivity contribution in [3.63, 3.8) is 0 Å². The second-order valence-corrected chi connectivity index (χ2v) is 4.10. The lowest BCUT2D eigenvalue weighted by molar-refractivity contribution is -0.152. The molecule has 2 rings (SSSR count). The van der Waals surface area contributed by atoms with Crippen LogP contribution in [0.15, 0.2) is 0 Å². The van der Waals surface area contributed by atoms with Gasteiger partial charge in [-0.1, -0.05) is 0 Å². The van der Waals surface area contributed by atoms with Crippen molar-refractivity contribution in [1.82, 2.24) is 0 Å². The maximum Gasteiger partial charge on any atom is 0.325 e. The van der Waals surface area contributed by atoms with Crippen LogP contribution in [0.1, 0.15) is 12.8 Å². The van der Waals surface area contributed by atoms with Crippen LogP contribution in [0, 0.1) is 11.8 Å². The highest BCUT2D eigenvalue weighted by Gasteiger charge is 2.49. The summed E-state index contributed by atoms with van der Waals surface area (Å²) in [6.07, 6.45) is -0.183. The number of hydrogen-bond donors (Lipinski definition) is 0. The number of ketones is 5. The predicted octanol–water partition coefficient (Wildman–Crippen LogP) is -1.59. The molecule has 94 valence electrons. The molecule has 0 aromatic heterocycles. The zero-order valence-electron chi connectivity index (χ0n) is 9.13. The number of Topliss-reactive ketones (excluding diaryl/α,β-unsaturated/α-hetero) is 5. The molecular weight excluding hydrogens is 244 g/mol. The van der Waals surface area contributed by atoms with Crippen LogP contribution < -0.4 is 0 Å². The Morgan fingerprint density at radius 2 is 1.33 bits per heavy atom. The molecule has 1 saturated carbocycles. The van der Waals surface area contributed by atoms with Gasteiger partial charge in [-0.15, -0.1) is 0 Å². The molecule has 0 aromatic carbocycles. The van der Waals surface area contributed by atoms with Gasteiger partial charge in [-0.2, -0.15) is 0 Å². The van der Waals surface area contributed by atoms with Crippen molar-refractivity contribution < 1.29 is 33.5 Å². The third-order valence-electron chi connectivity index (χ3n) is 2.94. The molecule has 1 saturated heterocycles. The van der Waals surface area contributed by atoms with Gasteiger partial charge in [0.25, 0.3) is 0 Å². The van der Waals surface area contributed by atoms with Gasteiger partial charge < -0.3 is 4.74 Å². The molecule has 0 bridgehead atoms. The summed E-state index contributed by atoms with van der Waals surface area (Å²) in [4.78, 5) is 68.3. The minimum absolute atomic E-state index is 0.0917. The second-order valence-electron chi connectivity index (χ2n) is 4.10. The van der Waals surface area contributed by atoms with Crippen molar-refractivity contribution in [2.24, 2.45) is 11.8 Å². The van der Waals surface area contributed by atoms with E-state index < -0.39 is 53.3 Å². The van der Waals surface area contributed by atoms with Crippen molar-refractivity contribution >= 4 is 34.9 Å². The van der Waals surface area contributed by atoms with Gasteiger partial charge in [0.15, 0.2) is 29.9 Å². The van der Waals surface area contributed by atoms with Crippen LogP contribution >= 0.6 is 0 Å². The Morgan fingerprint density at radius 3 is 1.78 bits per heavy atom. The predicted molar refractivity (Wildman–Crippen MR) is 52.2 cm³/mol. The quantitative estimate of drug-likeness (QED) is 0.338. The molecule has 1 unspecified atom stereocenters. The fourth-order valence-corrected chi connectivity index (χ4v) is 1.99. The Bertz CT molecular complexity index is 424. The average Bonchev–Trinajstić information content (AvgIpc) is 2.81. The van der Waals surface area contributed by atoms with Crippen LogP contribution in [0.4, 0.5) is 0 Å². The molecule has 0 aromatic rings. The van der Waals surface area contributed by atoms with E-state index >= 15 is 0 Å². The molecule has 7 heteroatoms. The third kappa shape index (κ3) is 1.77. The highest BCUT2D eigenvalue weighted by atomic mass is 16.5. The first kappa shape index (κ1) is 12.3. The average molecular weight is 252 g/mol. The van der Waals surface area contributed by atoms with E-state index in [1.165, 1.54) is 0 Å². The topological polar surface area (TPSA) is 112 Å². The molecule has 1 heterocycles. The summed E-state index contributed by atoms with van der Waals surface area (Å²) < 4.78 is 4.33. The van der Waals surface area contributed by atoms with Gasteiger partial charge in [0.2, 0.25) is 11.6 Å². The van der Waals surface area contributed by atoms with Crippen LogP contribution in [-0.2, 0) is 33.5 Å². The highest BCUT2D eigenvalue weighted by Crippen LogP contribution is 2.22. The van der Waals surface area contributed by atoms with Crippen molar-refractivity contribution in [2.75, 3.05) is 6.61 Å². The Balaban J connectivity index is 2.21. The molecular formula is C11H8O7. The van der Waals surface area contributed by atoms with Crippen molar-refractivity contribution in [3.05, 3.63) is 0 Å². The van der Waals surface area contributed by atoms with E-state index in [1.807, 2.05) is 0 Å². The van der Waals surface area contributed by atoms with E-state index in [-0.39, 0.29) is 12.8 Å². The van der Waals surface area contributed by atoms with Gasteiger partial charge in [-0.05, 0) is 0 Å². The van der Waals surface area contributed by atoms with Crippen LogP contribution in [0.25, 0.3) is 0 Å². The summed E-state index contributed by atoms with van der Waals surface area (Å²) in [6, 6.07) is 0. The number of carbonyl (C=O) groups is 6. The second kappa shape index (κ2) is 4.25. The van der Waals surface area contributed by atoms with Crippen LogP contribution in [-0.4, -0.2) is 41.5 Å². The van der Waals surface area contributed by atoms with Crippen LogP contribution in [0.3, 0.4) is 0 Å². The number of carbonyl (C=O) groups excluding carboxylic acids is 6. The highest BCUT2D eigenvalue weighted by molar-refractivity contribution is 6.52. The van der Waals surface area contributed by atoms with Gasteiger partial charge >= 0.3 is 5.97 Å². The molecule has 2 fully saturated rings. The fourth-order valence-electron chi connectivity index (χ4n) is 1.99. The van der Waals surface area contributed by atoms with Gasteiger partial charge in [0.05, 0.1) is 0 Å². The van der Waals surface area contributed by atoms with Crippen LogP contribution in [0.5, 0.6) is 0 Å². The molecule has 1 aliphatic heterocycles. The van der Waals surface area contributed by atoms with E-state index in [9.17, 15) is 28.8 Å². The molecule has 0 N–H and O–H groups in total. The van der Waals surface area contributed by atoms with E-state index in [1.54, 1.807) is 0 Å². The third-order valence-corrected chi connectivity index (χ3v) is 2.94. The summed E-state index contributed by atoms with van der Waals surface area (Å²) in [6.45, 7) is -0.560. The Hall–Kier alpha value is -2.18. The molecule has 18 heavy (non-hydrogen) atoms. The lowest BCUT2D eigenvalue weighted by Gasteiger charge is -2.06. The smallest absolute Gasteiger partial charge is 0.325 e. The first-order valence-electron chi connectivity index (χ1n) is 5.26. The van der Waals surface area contributed by atoms with Gasteiger partial charge in [0, 0.05) is 12.8 Å². The molecule has 0 spiro atoms. The van der Waals surface area contributed by atoms with Gasteiger partial charge in [0.1, 0.15) is 5.92 Å². The first-order chi connectivity index (χ1) is 8.43. The first-order valence-corrected chi connectivity index (χ1v) is 5.26. The minimum atomic E-state index is -1.81. The van der Waals surface area contributed by atoms with Gasteiger partial charge in [-0.3, -0.25) is 28.8 Å². The SMILES string of the molecule is O=C1CCC(=O)C1C(=O)C(=O)C1C(=O)COC1=O. The molecule has 0 radical (unpaired) electrons. The fraction of sp³-hybridized carbons (Fsp3) is 0.455. The molecule has 1 aliphatic carbocycles. The zero-order chi connectivity index (χ0) is 13.4. The monoisotopic (exact) mass is 252 g/mol. The summed E-state index contributed by atoms with van der Waals surface area (Å²) in [5, 5.41) is 0. The number of ether oxygens (including phenoxy) is 1. The Morgan fingerprint density at radius 1 is 0.833 bits per heavy atom. The normalized spacial score (nSPS) is 24.6. The van der Waals surface area contributed by atoms with E-state index in [2.05, 4.69) is 4.74 Å². The van der Waals surface area contributed by atoms with E-state index in [0.29, 0.717) is 0 Å². The Kier molecular flexibility index (Phi) is 2.90. The lowest BCUT2D eigenvalue weighted by atomic mass is 9.89. The maximum atomic E-state index is 11.7. The van der Waals surface area contributed by atoms with Gasteiger partial charge in [-0.25, -0.2) is 0 Å². The molecule has 2 aliphatic rings. The Labute approximate surface area is 100 Å². The largest absolute Gasteiger partial charge is 0.457 e. The minimum Gasteiger partial charge on any atom is -0.457 e. The number of esters is 1. The van der Waals surface area contributed by atoms with Crippen LogP contribution in [0.2, 0.25) is 0 Å². The molecule has 0 amide bonds. The van der Waals surface area contributed by atoms with Crippen molar-refractivity contribution in [1.29, 1.82) is 0 Å². The van der Waals surface area contributed by atoms with E-state index in [4.69, 9.17) is 0 Å². The summed E-state index contributed by atoms with van der Waals surface area (Å²) in [5.74, 6) is -9.25. The zero-order valence-corrected chi connectivity index (χ0v) is 9.13. The summed E-state index contributed by atoms with van der Waals surface area (Å²) >= 11 is 0. The number of rotatable bonds is 3.